The molecule has 136 valence electrons. The number of hydrogen-bond donors (Lipinski definition) is 2. The lowest BCUT2D eigenvalue weighted by atomic mass is 10.0. The topological polar surface area (TPSA) is 91.9 Å². The van der Waals surface area contributed by atoms with Crippen molar-refractivity contribution >= 4 is 57.4 Å². The maximum Gasteiger partial charge on any atom is 0.355 e. The average molecular weight is 400 g/mol. The number of nitrogen functional groups attached to an aromatic ring is 1. The van der Waals surface area contributed by atoms with Crippen LogP contribution in [0.2, 0.25) is 10.0 Å². The van der Waals surface area contributed by atoms with Gasteiger partial charge in [-0.25, -0.2) is 4.79 Å². The summed E-state index contributed by atoms with van der Waals surface area (Å²) in [5, 5.41) is 11.0. The van der Waals surface area contributed by atoms with E-state index in [2.05, 4.69) is 11.1 Å². The lowest BCUT2D eigenvalue weighted by Gasteiger charge is -2.04. The van der Waals surface area contributed by atoms with Crippen molar-refractivity contribution in [2.75, 3.05) is 12.3 Å². The van der Waals surface area contributed by atoms with Gasteiger partial charge in [0, 0.05) is 27.2 Å². The summed E-state index contributed by atoms with van der Waals surface area (Å²) in [5.74, 6) is -0.544. The number of carbonyl (C=O) groups is 1. The second-order valence-corrected chi connectivity index (χ2v) is 6.58. The minimum Gasteiger partial charge on any atom is -0.461 e. The Bertz CT molecular complexity index is 1110. The number of allylic oxidation sites excluding steroid dienone is 1. The molecule has 0 saturated carbocycles. The summed E-state index contributed by atoms with van der Waals surface area (Å²) in [6.07, 6.45) is 1.60. The van der Waals surface area contributed by atoms with Crippen molar-refractivity contribution in [1.29, 1.82) is 5.26 Å². The standard InChI is InChI=1S/C20H15Cl2N3O2/c1-2-27-20(26)19-15(18-16(22)8-13(21)9-17(18)25-19)7-12(10-23)11-4-3-5-14(24)6-11/h3-9,25H,2,24H2,1H3. The Morgan fingerprint density at radius 2 is 2.11 bits per heavy atom. The number of nitrogens with two attached hydrogens (primary N) is 1. The quantitative estimate of drug-likeness (QED) is 0.353. The van der Waals surface area contributed by atoms with E-state index in [9.17, 15) is 10.1 Å². The second-order valence-electron chi connectivity index (χ2n) is 5.74. The van der Waals surface area contributed by atoms with E-state index in [4.69, 9.17) is 33.7 Å². The molecule has 27 heavy (non-hydrogen) atoms. The first-order chi connectivity index (χ1) is 12.9. The third-order valence-electron chi connectivity index (χ3n) is 3.94. The fraction of sp³-hybridized carbons (Fsp3) is 0.100. The largest absolute Gasteiger partial charge is 0.461 e. The highest BCUT2D eigenvalue weighted by molar-refractivity contribution is 6.39. The van der Waals surface area contributed by atoms with E-state index in [0.29, 0.717) is 43.3 Å². The van der Waals surface area contributed by atoms with E-state index in [1.54, 1.807) is 49.4 Å². The summed E-state index contributed by atoms with van der Waals surface area (Å²) < 4.78 is 5.13. The monoisotopic (exact) mass is 399 g/mol. The zero-order chi connectivity index (χ0) is 19.6. The first-order valence-electron chi connectivity index (χ1n) is 8.10. The molecule has 0 saturated heterocycles. The van der Waals surface area contributed by atoms with Crippen molar-refractivity contribution in [3.8, 4) is 6.07 Å². The number of halogens is 2. The van der Waals surface area contributed by atoms with Crippen LogP contribution in [0.5, 0.6) is 0 Å². The van der Waals surface area contributed by atoms with Crippen molar-refractivity contribution in [2.45, 2.75) is 6.92 Å². The number of fused-ring (bicyclic) bond motifs is 1. The number of H-pyrrole nitrogens is 1. The Morgan fingerprint density at radius 1 is 1.33 bits per heavy atom. The van der Waals surface area contributed by atoms with Crippen LogP contribution in [0.3, 0.4) is 0 Å². The van der Waals surface area contributed by atoms with Crippen LogP contribution < -0.4 is 5.73 Å². The Balaban J connectivity index is 2.29. The maximum atomic E-state index is 12.4. The van der Waals surface area contributed by atoms with Gasteiger partial charge in [0.1, 0.15) is 5.69 Å². The van der Waals surface area contributed by atoms with E-state index in [0.717, 1.165) is 0 Å². The van der Waals surface area contributed by atoms with Crippen molar-refractivity contribution in [1.82, 2.24) is 4.98 Å². The molecule has 3 aromatic rings. The maximum absolute atomic E-state index is 12.4. The van der Waals surface area contributed by atoms with Gasteiger partial charge in [0.2, 0.25) is 0 Å². The van der Waals surface area contributed by atoms with Crippen LogP contribution in [-0.4, -0.2) is 17.6 Å². The Morgan fingerprint density at radius 3 is 2.78 bits per heavy atom. The number of nitrogens with zero attached hydrogens (tertiary/aromatic N) is 1. The highest BCUT2D eigenvalue weighted by Crippen LogP contribution is 2.35. The Kier molecular flexibility index (Phi) is 5.41. The fourth-order valence-corrected chi connectivity index (χ4v) is 3.41. The Labute approximate surface area is 165 Å². The van der Waals surface area contributed by atoms with Crippen LogP contribution in [0.25, 0.3) is 22.6 Å². The fourth-order valence-electron chi connectivity index (χ4n) is 2.81. The van der Waals surface area contributed by atoms with Gasteiger partial charge in [-0.2, -0.15) is 5.26 Å². The minimum atomic E-state index is -0.544. The molecule has 0 unspecified atom stereocenters. The molecule has 0 bridgehead atoms. The molecule has 0 aliphatic heterocycles. The Hall–Kier alpha value is -2.94. The van der Waals surface area contributed by atoms with E-state index >= 15 is 0 Å². The third-order valence-corrected chi connectivity index (χ3v) is 4.46. The average Bonchev–Trinajstić information content (AvgIpc) is 2.98. The molecule has 7 heteroatoms. The number of anilines is 1. The molecular formula is C20H15Cl2N3O2. The van der Waals surface area contributed by atoms with Gasteiger partial charge in [-0.15, -0.1) is 0 Å². The van der Waals surface area contributed by atoms with E-state index in [-0.39, 0.29) is 12.3 Å². The number of esters is 1. The summed E-state index contributed by atoms with van der Waals surface area (Å²) in [6.45, 7) is 1.93. The number of nitrogens with one attached hydrogen (secondary N) is 1. The van der Waals surface area contributed by atoms with E-state index in [1.807, 2.05) is 0 Å². The molecule has 0 aliphatic carbocycles. The first kappa shape index (κ1) is 18.8. The van der Waals surface area contributed by atoms with Gasteiger partial charge in [0.05, 0.1) is 23.3 Å². The zero-order valence-corrected chi connectivity index (χ0v) is 15.9. The smallest absolute Gasteiger partial charge is 0.355 e. The number of carbonyl (C=O) groups excluding carboxylic acids is 1. The molecule has 0 amide bonds. The zero-order valence-electron chi connectivity index (χ0n) is 14.3. The summed E-state index contributed by atoms with van der Waals surface area (Å²) in [7, 11) is 0. The predicted octanol–water partition coefficient (Wildman–Crippen LogP) is 5.30. The van der Waals surface area contributed by atoms with Crippen LogP contribution in [0.1, 0.15) is 28.5 Å². The normalized spacial score (nSPS) is 11.4. The van der Waals surface area contributed by atoms with Gasteiger partial charge >= 0.3 is 5.97 Å². The number of aromatic nitrogens is 1. The molecule has 1 heterocycles. The van der Waals surface area contributed by atoms with Gasteiger partial charge < -0.3 is 15.5 Å². The van der Waals surface area contributed by atoms with Gasteiger partial charge in [0.15, 0.2) is 0 Å². The molecule has 5 nitrogen and oxygen atoms in total. The molecule has 3 rings (SSSR count). The summed E-state index contributed by atoms with van der Waals surface area (Å²) in [6, 6.07) is 12.3. The lowest BCUT2D eigenvalue weighted by Crippen LogP contribution is -2.06. The van der Waals surface area contributed by atoms with Gasteiger partial charge in [0.25, 0.3) is 0 Å². The minimum absolute atomic E-state index is 0.202. The van der Waals surface area contributed by atoms with Crippen LogP contribution in [0.15, 0.2) is 36.4 Å². The molecule has 3 N–H and O–H groups in total. The predicted molar refractivity (Wildman–Crippen MR) is 109 cm³/mol. The van der Waals surface area contributed by atoms with Crippen molar-refractivity contribution in [2.24, 2.45) is 0 Å². The van der Waals surface area contributed by atoms with Crippen molar-refractivity contribution in [3.05, 3.63) is 63.3 Å². The van der Waals surface area contributed by atoms with Crippen LogP contribution in [0, 0.1) is 11.3 Å². The van der Waals surface area contributed by atoms with Crippen LogP contribution >= 0.6 is 23.2 Å². The molecule has 2 aromatic carbocycles. The van der Waals surface area contributed by atoms with Gasteiger partial charge in [-0.1, -0.05) is 35.3 Å². The second kappa shape index (κ2) is 7.75. The summed E-state index contributed by atoms with van der Waals surface area (Å²) in [5.41, 5.74) is 8.55. The summed E-state index contributed by atoms with van der Waals surface area (Å²) in [4.78, 5) is 15.4. The number of hydrogen-bond acceptors (Lipinski definition) is 4. The molecular weight excluding hydrogens is 385 g/mol. The number of rotatable bonds is 4. The van der Waals surface area contributed by atoms with E-state index in [1.165, 1.54) is 0 Å². The number of aromatic amines is 1. The van der Waals surface area contributed by atoms with Crippen LogP contribution in [0.4, 0.5) is 5.69 Å². The van der Waals surface area contributed by atoms with Crippen molar-refractivity contribution in [3.63, 3.8) is 0 Å². The molecule has 0 spiro atoms. The van der Waals surface area contributed by atoms with E-state index < -0.39 is 5.97 Å². The molecule has 0 aliphatic rings. The SMILES string of the molecule is CCOC(=O)c1[nH]c2cc(Cl)cc(Cl)c2c1C=C(C#N)c1cccc(N)c1. The lowest BCUT2D eigenvalue weighted by molar-refractivity contribution is 0.0520. The number of nitriles is 1. The van der Waals surface area contributed by atoms with Gasteiger partial charge in [-0.3, -0.25) is 0 Å². The van der Waals surface area contributed by atoms with Crippen LogP contribution in [-0.2, 0) is 4.74 Å². The first-order valence-corrected chi connectivity index (χ1v) is 8.85. The third kappa shape index (κ3) is 3.77. The highest BCUT2D eigenvalue weighted by Gasteiger charge is 2.21. The van der Waals surface area contributed by atoms with Crippen molar-refractivity contribution < 1.29 is 9.53 Å². The number of ether oxygens (including phenoxy) is 1. The number of benzene rings is 2. The van der Waals surface area contributed by atoms with Gasteiger partial charge in [-0.05, 0) is 42.8 Å². The highest BCUT2D eigenvalue weighted by atomic mass is 35.5. The molecule has 0 atom stereocenters. The summed E-state index contributed by atoms with van der Waals surface area (Å²) >= 11 is 12.4. The molecule has 0 fully saturated rings. The molecule has 1 aromatic heterocycles. The molecule has 0 radical (unpaired) electrons.